The van der Waals surface area contributed by atoms with Crippen molar-refractivity contribution in [2.75, 3.05) is 10.2 Å². The molecule has 0 unspecified atom stereocenters. The highest BCUT2D eigenvalue weighted by molar-refractivity contribution is 6.30. The number of hydrogen-bond acceptors (Lipinski definition) is 1. The number of carbonyl (C=O) groups excluding carboxylic acids is 1. The summed E-state index contributed by atoms with van der Waals surface area (Å²) in [5.74, 6) is -0.272. The molecule has 1 aliphatic heterocycles. The number of amides is 2. The number of halogens is 2. The van der Waals surface area contributed by atoms with Crippen molar-refractivity contribution < 1.29 is 9.18 Å². The lowest BCUT2D eigenvalue weighted by Crippen LogP contribution is -2.44. The van der Waals surface area contributed by atoms with Crippen LogP contribution in [-0.4, -0.2) is 12.1 Å². The highest BCUT2D eigenvalue weighted by Crippen LogP contribution is 2.31. The first kappa shape index (κ1) is 14.9. The van der Waals surface area contributed by atoms with Crippen molar-refractivity contribution >= 4 is 29.0 Å². The summed E-state index contributed by atoms with van der Waals surface area (Å²) < 4.78 is 13.4. The second kappa shape index (κ2) is 5.97. The summed E-state index contributed by atoms with van der Waals surface area (Å²) in [7, 11) is 0. The standard InChI is InChI=1S/C17H16ClFN2O/c1-11-2-3-12-10-14(19)6-9-16(12)21(11)17(22)20-15-7-4-13(18)5-8-15/h4-11H,2-3H2,1H3,(H,20,22)/t11-/m0/s1. The molecule has 2 aromatic rings. The number of carbonyl (C=O) groups is 1. The fraction of sp³-hybridized carbons (Fsp3) is 0.235. The van der Waals surface area contributed by atoms with E-state index in [-0.39, 0.29) is 17.9 Å². The molecule has 1 N–H and O–H groups in total. The zero-order valence-corrected chi connectivity index (χ0v) is 12.9. The lowest BCUT2D eigenvalue weighted by Gasteiger charge is -2.35. The number of aryl methyl sites for hydroxylation is 1. The third-order valence-electron chi connectivity index (χ3n) is 3.89. The maximum atomic E-state index is 13.4. The molecule has 1 atom stereocenters. The number of anilines is 2. The van der Waals surface area contributed by atoms with Gasteiger partial charge in [-0.05, 0) is 67.8 Å². The van der Waals surface area contributed by atoms with Gasteiger partial charge in [-0.2, -0.15) is 0 Å². The van der Waals surface area contributed by atoms with Crippen LogP contribution in [0.25, 0.3) is 0 Å². The van der Waals surface area contributed by atoms with Gasteiger partial charge in [-0.25, -0.2) is 9.18 Å². The van der Waals surface area contributed by atoms with Gasteiger partial charge in [0.2, 0.25) is 0 Å². The molecule has 0 saturated carbocycles. The molecule has 0 radical (unpaired) electrons. The summed E-state index contributed by atoms with van der Waals surface area (Å²) in [5, 5.41) is 3.48. The Morgan fingerprint density at radius 2 is 2.00 bits per heavy atom. The fourth-order valence-corrected chi connectivity index (χ4v) is 2.87. The molecule has 0 spiro atoms. The van der Waals surface area contributed by atoms with Crippen molar-refractivity contribution in [1.82, 2.24) is 0 Å². The summed E-state index contributed by atoms with van der Waals surface area (Å²) >= 11 is 5.84. The van der Waals surface area contributed by atoms with E-state index in [0.29, 0.717) is 10.7 Å². The second-order valence-corrected chi connectivity index (χ2v) is 5.90. The topological polar surface area (TPSA) is 32.3 Å². The number of fused-ring (bicyclic) bond motifs is 1. The number of rotatable bonds is 1. The lowest BCUT2D eigenvalue weighted by molar-refractivity contribution is 0.254. The fourth-order valence-electron chi connectivity index (χ4n) is 2.75. The van der Waals surface area contributed by atoms with Crippen LogP contribution in [0, 0.1) is 5.82 Å². The zero-order valence-electron chi connectivity index (χ0n) is 12.1. The smallest absolute Gasteiger partial charge is 0.308 e. The molecule has 1 heterocycles. The van der Waals surface area contributed by atoms with E-state index in [1.165, 1.54) is 12.1 Å². The van der Waals surface area contributed by atoms with Gasteiger partial charge >= 0.3 is 6.03 Å². The van der Waals surface area contributed by atoms with Crippen LogP contribution in [0.15, 0.2) is 42.5 Å². The van der Waals surface area contributed by atoms with Crippen LogP contribution in [0.1, 0.15) is 18.9 Å². The van der Waals surface area contributed by atoms with Gasteiger partial charge in [0.05, 0.1) is 0 Å². The molecule has 3 rings (SSSR count). The zero-order chi connectivity index (χ0) is 15.7. The Bertz CT molecular complexity index is 702. The van der Waals surface area contributed by atoms with E-state index in [1.54, 1.807) is 35.2 Å². The normalized spacial score (nSPS) is 17.0. The third-order valence-corrected chi connectivity index (χ3v) is 4.14. The molecule has 0 aliphatic carbocycles. The van der Waals surface area contributed by atoms with Gasteiger partial charge in [0.15, 0.2) is 0 Å². The SMILES string of the molecule is C[C@H]1CCc2cc(F)ccc2N1C(=O)Nc1ccc(Cl)cc1. The van der Waals surface area contributed by atoms with Gasteiger partial charge in [0.1, 0.15) is 5.82 Å². The van der Waals surface area contributed by atoms with Crippen molar-refractivity contribution in [2.45, 2.75) is 25.8 Å². The Balaban J connectivity index is 1.87. The molecule has 2 aromatic carbocycles. The Morgan fingerprint density at radius 1 is 1.27 bits per heavy atom. The van der Waals surface area contributed by atoms with Gasteiger partial charge < -0.3 is 5.32 Å². The minimum Gasteiger partial charge on any atom is -0.308 e. The summed E-state index contributed by atoms with van der Waals surface area (Å²) in [4.78, 5) is 14.3. The first-order chi connectivity index (χ1) is 10.5. The van der Waals surface area contributed by atoms with Crippen molar-refractivity contribution in [3.8, 4) is 0 Å². The molecular weight excluding hydrogens is 303 g/mol. The van der Waals surface area contributed by atoms with Crippen molar-refractivity contribution in [3.05, 3.63) is 58.9 Å². The van der Waals surface area contributed by atoms with Crippen LogP contribution >= 0.6 is 11.6 Å². The largest absolute Gasteiger partial charge is 0.326 e. The van der Waals surface area contributed by atoms with Gasteiger partial charge in [-0.3, -0.25) is 4.90 Å². The van der Waals surface area contributed by atoms with Gasteiger partial charge in [-0.1, -0.05) is 11.6 Å². The third kappa shape index (κ3) is 2.92. The first-order valence-electron chi connectivity index (χ1n) is 7.19. The molecule has 0 bridgehead atoms. The van der Waals surface area contributed by atoms with Crippen LogP contribution in [0.4, 0.5) is 20.6 Å². The Kier molecular flexibility index (Phi) is 4.03. The second-order valence-electron chi connectivity index (χ2n) is 5.47. The quantitative estimate of drug-likeness (QED) is 0.800. The molecule has 114 valence electrons. The summed E-state index contributed by atoms with van der Waals surface area (Å²) in [6, 6.07) is 11.3. The number of nitrogens with zero attached hydrogens (tertiary/aromatic N) is 1. The van der Waals surface area contributed by atoms with E-state index in [0.717, 1.165) is 24.1 Å². The van der Waals surface area contributed by atoms with Crippen LogP contribution < -0.4 is 10.2 Å². The first-order valence-corrected chi connectivity index (χ1v) is 7.56. The van der Waals surface area contributed by atoms with Crippen LogP contribution in [0.2, 0.25) is 5.02 Å². The van der Waals surface area contributed by atoms with Crippen LogP contribution in [0.5, 0.6) is 0 Å². The minimum absolute atomic E-state index is 0.0604. The lowest BCUT2D eigenvalue weighted by atomic mass is 9.97. The Morgan fingerprint density at radius 3 is 2.73 bits per heavy atom. The monoisotopic (exact) mass is 318 g/mol. The average Bonchev–Trinajstić information content (AvgIpc) is 2.49. The van der Waals surface area contributed by atoms with Gasteiger partial charge in [0.25, 0.3) is 0 Å². The molecule has 0 saturated heterocycles. The Labute approximate surface area is 133 Å². The molecular formula is C17H16ClFN2O. The minimum atomic E-state index is -0.272. The van der Waals surface area contributed by atoms with E-state index >= 15 is 0 Å². The number of hydrogen-bond donors (Lipinski definition) is 1. The predicted molar refractivity (Wildman–Crippen MR) is 87.1 cm³/mol. The Hall–Kier alpha value is -2.07. The molecule has 0 fully saturated rings. The van der Waals surface area contributed by atoms with E-state index in [1.807, 2.05) is 6.92 Å². The van der Waals surface area contributed by atoms with E-state index in [4.69, 9.17) is 11.6 Å². The molecule has 3 nitrogen and oxygen atoms in total. The molecule has 1 aliphatic rings. The maximum Gasteiger partial charge on any atom is 0.326 e. The van der Waals surface area contributed by atoms with Gasteiger partial charge in [0, 0.05) is 22.4 Å². The van der Waals surface area contributed by atoms with Crippen LogP contribution in [0.3, 0.4) is 0 Å². The molecule has 22 heavy (non-hydrogen) atoms. The highest BCUT2D eigenvalue weighted by atomic mass is 35.5. The number of benzene rings is 2. The summed E-state index contributed by atoms with van der Waals surface area (Å²) in [5.41, 5.74) is 2.31. The average molecular weight is 319 g/mol. The van der Waals surface area contributed by atoms with Crippen molar-refractivity contribution in [2.24, 2.45) is 0 Å². The van der Waals surface area contributed by atoms with E-state index in [9.17, 15) is 9.18 Å². The van der Waals surface area contributed by atoms with E-state index < -0.39 is 0 Å². The van der Waals surface area contributed by atoms with Gasteiger partial charge in [-0.15, -0.1) is 0 Å². The van der Waals surface area contributed by atoms with Crippen molar-refractivity contribution in [3.63, 3.8) is 0 Å². The number of urea groups is 1. The van der Waals surface area contributed by atoms with Crippen LogP contribution in [-0.2, 0) is 6.42 Å². The van der Waals surface area contributed by atoms with Crippen molar-refractivity contribution in [1.29, 1.82) is 0 Å². The maximum absolute atomic E-state index is 13.4. The molecule has 2 amide bonds. The number of nitrogens with one attached hydrogen (secondary N) is 1. The highest BCUT2D eigenvalue weighted by Gasteiger charge is 2.28. The molecule has 0 aromatic heterocycles. The predicted octanol–water partition coefficient (Wildman–Crippen LogP) is 4.85. The van der Waals surface area contributed by atoms with E-state index in [2.05, 4.69) is 5.32 Å². The molecule has 5 heteroatoms. The summed E-state index contributed by atoms with van der Waals surface area (Å²) in [6.45, 7) is 1.99. The summed E-state index contributed by atoms with van der Waals surface area (Å²) in [6.07, 6.45) is 1.59.